The highest BCUT2D eigenvalue weighted by Crippen LogP contribution is 2.30. The van der Waals surface area contributed by atoms with Gasteiger partial charge < -0.3 is 15.6 Å². The molecular formula is C12H15ClF3N3O2. The number of hydrogen-bond acceptors (Lipinski definition) is 3. The number of halogens is 4. The van der Waals surface area contributed by atoms with Crippen LogP contribution in [0.3, 0.4) is 0 Å². The van der Waals surface area contributed by atoms with E-state index in [1.54, 1.807) is 6.92 Å². The van der Waals surface area contributed by atoms with E-state index in [-0.39, 0.29) is 19.5 Å². The molecule has 1 amide bonds. The number of carbonyl (C=O) groups is 1. The van der Waals surface area contributed by atoms with Crippen LogP contribution in [0.4, 0.5) is 13.2 Å². The van der Waals surface area contributed by atoms with Crippen LogP contribution in [0.5, 0.6) is 0 Å². The summed E-state index contributed by atoms with van der Waals surface area (Å²) in [6.07, 6.45) is -3.93. The van der Waals surface area contributed by atoms with Crippen LogP contribution in [-0.2, 0) is 11.0 Å². The molecule has 118 valence electrons. The summed E-state index contributed by atoms with van der Waals surface area (Å²) >= 11 is 5.55. The summed E-state index contributed by atoms with van der Waals surface area (Å²) in [7, 11) is 0. The molecule has 0 aliphatic carbocycles. The van der Waals surface area contributed by atoms with Gasteiger partial charge in [0, 0.05) is 19.3 Å². The summed E-state index contributed by atoms with van der Waals surface area (Å²) in [6.45, 7) is 1.92. The van der Waals surface area contributed by atoms with Gasteiger partial charge in [-0.15, -0.1) is 0 Å². The quantitative estimate of drug-likeness (QED) is 0.862. The third-order valence-electron chi connectivity index (χ3n) is 2.80. The maximum absolute atomic E-state index is 12.8. The molecular weight excluding hydrogens is 311 g/mol. The zero-order valence-electron chi connectivity index (χ0n) is 11.2. The highest BCUT2D eigenvalue weighted by atomic mass is 35.5. The standard InChI is InChI=1S/C12H15ClF3N3O2/c1-2-9(10(20)18-4-3-17)19-6-7(12(14,15)16)5-8(13)11(19)21/h5-6,9H,2-4,17H2,1H3,(H,18,20). The number of amides is 1. The fourth-order valence-corrected chi connectivity index (χ4v) is 1.99. The van der Waals surface area contributed by atoms with Crippen molar-refractivity contribution in [3.63, 3.8) is 0 Å². The number of rotatable bonds is 5. The topological polar surface area (TPSA) is 77.1 Å². The van der Waals surface area contributed by atoms with Crippen molar-refractivity contribution in [2.24, 2.45) is 5.73 Å². The van der Waals surface area contributed by atoms with Crippen LogP contribution in [0, 0.1) is 0 Å². The van der Waals surface area contributed by atoms with Gasteiger partial charge in [-0.1, -0.05) is 18.5 Å². The van der Waals surface area contributed by atoms with Gasteiger partial charge in [0.05, 0.1) is 5.56 Å². The van der Waals surface area contributed by atoms with Gasteiger partial charge in [-0.05, 0) is 12.5 Å². The summed E-state index contributed by atoms with van der Waals surface area (Å²) in [4.78, 5) is 23.8. The molecule has 0 spiro atoms. The first kappa shape index (κ1) is 17.5. The number of carbonyl (C=O) groups excluding carboxylic acids is 1. The first-order valence-electron chi connectivity index (χ1n) is 6.19. The zero-order valence-corrected chi connectivity index (χ0v) is 12.0. The minimum atomic E-state index is -4.66. The van der Waals surface area contributed by atoms with E-state index >= 15 is 0 Å². The molecule has 1 aromatic rings. The molecule has 21 heavy (non-hydrogen) atoms. The molecule has 0 bridgehead atoms. The van der Waals surface area contributed by atoms with Crippen molar-refractivity contribution in [3.8, 4) is 0 Å². The van der Waals surface area contributed by atoms with E-state index in [1.165, 1.54) is 0 Å². The fourth-order valence-electron chi connectivity index (χ4n) is 1.78. The van der Waals surface area contributed by atoms with Crippen molar-refractivity contribution in [2.45, 2.75) is 25.6 Å². The van der Waals surface area contributed by atoms with E-state index in [9.17, 15) is 22.8 Å². The second kappa shape index (κ2) is 6.95. The molecule has 3 N–H and O–H groups in total. The van der Waals surface area contributed by atoms with Crippen molar-refractivity contribution in [1.29, 1.82) is 0 Å². The Balaban J connectivity index is 3.29. The number of nitrogens with two attached hydrogens (primary N) is 1. The first-order chi connectivity index (χ1) is 9.72. The largest absolute Gasteiger partial charge is 0.417 e. The average Bonchev–Trinajstić information content (AvgIpc) is 2.40. The molecule has 0 aliphatic heterocycles. The third kappa shape index (κ3) is 4.21. The average molecular weight is 326 g/mol. The van der Waals surface area contributed by atoms with Crippen LogP contribution in [0.25, 0.3) is 0 Å². The van der Waals surface area contributed by atoms with E-state index in [2.05, 4.69) is 5.32 Å². The van der Waals surface area contributed by atoms with Crippen LogP contribution < -0.4 is 16.6 Å². The van der Waals surface area contributed by atoms with E-state index in [4.69, 9.17) is 17.3 Å². The molecule has 0 aliphatic rings. The lowest BCUT2D eigenvalue weighted by atomic mass is 10.1. The predicted octanol–water partition coefficient (Wildman–Crippen LogP) is 1.55. The van der Waals surface area contributed by atoms with Crippen LogP contribution in [0.2, 0.25) is 5.02 Å². The lowest BCUT2D eigenvalue weighted by Crippen LogP contribution is -2.39. The Bertz CT molecular complexity index is 572. The number of nitrogens with one attached hydrogen (secondary N) is 1. The predicted molar refractivity (Wildman–Crippen MR) is 72.1 cm³/mol. The van der Waals surface area contributed by atoms with Gasteiger partial charge in [0.25, 0.3) is 5.56 Å². The number of alkyl halides is 3. The maximum atomic E-state index is 12.8. The van der Waals surface area contributed by atoms with Gasteiger partial charge in [0.15, 0.2) is 0 Å². The Labute approximate surface area is 123 Å². The van der Waals surface area contributed by atoms with Crippen molar-refractivity contribution in [3.05, 3.63) is 33.2 Å². The highest BCUT2D eigenvalue weighted by Gasteiger charge is 2.33. The van der Waals surface area contributed by atoms with Crippen molar-refractivity contribution >= 4 is 17.5 Å². The molecule has 0 radical (unpaired) electrons. The number of hydrogen-bond donors (Lipinski definition) is 2. The third-order valence-corrected chi connectivity index (χ3v) is 3.07. The van der Waals surface area contributed by atoms with E-state index in [0.717, 1.165) is 0 Å². The molecule has 0 aromatic carbocycles. The van der Waals surface area contributed by atoms with Crippen LogP contribution in [0.15, 0.2) is 17.1 Å². The first-order valence-corrected chi connectivity index (χ1v) is 6.56. The number of pyridine rings is 1. The Kier molecular flexibility index (Phi) is 5.79. The number of nitrogens with zero attached hydrogens (tertiary/aromatic N) is 1. The van der Waals surface area contributed by atoms with Crippen LogP contribution in [0.1, 0.15) is 24.9 Å². The zero-order chi connectivity index (χ0) is 16.2. The Morgan fingerprint density at radius 2 is 2.14 bits per heavy atom. The summed E-state index contributed by atoms with van der Waals surface area (Å²) < 4.78 is 39.0. The molecule has 1 rings (SSSR count). The summed E-state index contributed by atoms with van der Waals surface area (Å²) in [5.74, 6) is -0.583. The SMILES string of the molecule is CCC(C(=O)NCCN)n1cc(C(F)(F)F)cc(Cl)c1=O. The van der Waals surface area contributed by atoms with Crippen molar-refractivity contribution in [1.82, 2.24) is 9.88 Å². The summed E-state index contributed by atoms with van der Waals surface area (Å²) in [5.41, 5.74) is 3.31. The van der Waals surface area contributed by atoms with E-state index in [0.29, 0.717) is 16.8 Å². The molecule has 0 saturated heterocycles. The summed E-state index contributed by atoms with van der Waals surface area (Å²) in [6, 6.07) is -0.533. The lowest BCUT2D eigenvalue weighted by Gasteiger charge is -2.19. The minimum Gasteiger partial charge on any atom is -0.353 e. The molecule has 1 atom stereocenters. The van der Waals surface area contributed by atoms with Gasteiger partial charge in [-0.3, -0.25) is 9.59 Å². The monoisotopic (exact) mass is 325 g/mol. The van der Waals surface area contributed by atoms with Crippen molar-refractivity contribution in [2.75, 3.05) is 13.1 Å². The molecule has 1 aromatic heterocycles. The Morgan fingerprint density at radius 1 is 1.52 bits per heavy atom. The van der Waals surface area contributed by atoms with Crippen LogP contribution in [-0.4, -0.2) is 23.6 Å². The van der Waals surface area contributed by atoms with Gasteiger partial charge in [0.2, 0.25) is 5.91 Å². The second-order valence-electron chi connectivity index (χ2n) is 4.29. The molecule has 9 heteroatoms. The highest BCUT2D eigenvalue weighted by molar-refractivity contribution is 6.30. The normalized spacial score (nSPS) is 13.0. The lowest BCUT2D eigenvalue weighted by molar-refractivity contribution is -0.138. The van der Waals surface area contributed by atoms with Gasteiger partial charge >= 0.3 is 6.18 Å². The summed E-state index contributed by atoms with van der Waals surface area (Å²) in [5, 5.41) is 1.85. The van der Waals surface area contributed by atoms with Gasteiger partial charge in [0.1, 0.15) is 11.1 Å². The van der Waals surface area contributed by atoms with Gasteiger partial charge in [-0.2, -0.15) is 13.2 Å². The Morgan fingerprint density at radius 3 is 2.62 bits per heavy atom. The van der Waals surface area contributed by atoms with E-state index in [1.807, 2.05) is 0 Å². The smallest absolute Gasteiger partial charge is 0.353 e. The number of aromatic nitrogens is 1. The maximum Gasteiger partial charge on any atom is 0.417 e. The molecule has 0 fully saturated rings. The Hall–Kier alpha value is -1.54. The van der Waals surface area contributed by atoms with Gasteiger partial charge in [-0.25, -0.2) is 0 Å². The van der Waals surface area contributed by atoms with Crippen molar-refractivity contribution < 1.29 is 18.0 Å². The minimum absolute atomic E-state index is 0.133. The molecule has 1 unspecified atom stereocenters. The molecule has 5 nitrogen and oxygen atoms in total. The molecule has 1 heterocycles. The second-order valence-corrected chi connectivity index (χ2v) is 4.70. The molecule has 0 saturated carbocycles. The van der Waals surface area contributed by atoms with E-state index < -0.39 is 34.3 Å². The van der Waals surface area contributed by atoms with Crippen LogP contribution >= 0.6 is 11.6 Å². The fraction of sp³-hybridized carbons (Fsp3) is 0.500.